The van der Waals surface area contributed by atoms with Crippen LogP contribution < -0.4 is 5.73 Å². The Kier molecular flexibility index (Phi) is 3.81. The monoisotopic (exact) mass is 308 g/mol. The van der Waals surface area contributed by atoms with Gasteiger partial charge >= 0.3 is 0 Å². The minimum Gasteiger partial charge on any atom is -0.378 e. The fourth-order valence-electron chi connectivity index (χ4n) is 1.30. The van der Waals surface area contributed by atoms with Crippen molar-refractivity contribution >= 4 is 44.8 Å². The molecule has 0 aliphatic carbocycles. The number of nitrogens with zero attached hydrogens (tertiary/aromatic N) is 1. The number of thioether (sulfide) groups is 1. The van der Waals surface area contributed by atoms with E-state index in [-0.39, 0.29) is 5.91 Å². The molecule has 0 aromatic heterocycles. The van der Waals surface area contributed by atoms with Crippen molar-refractivity contribution < 1.29 is 4.79 Å². The standard InChI is InChI=1S/C12H9BrN2OS/c13-9(6-8-4-2-1-3-5-8)7-10-11(16)15-12(14)17-10/h1-7H,(H2,14,15,16). The zero-order valence-electron chi connectivity index (χ0n) is 8.76. The Morgan fingerprint density at radius 1 is 1.35 bits per heavy atom. The summed E-state index contributed by atoms with van der Waals surface area (Å²) in [5.74, 6) is -0.286. The number of carbonyl (C=O) groups is 1. The van der Waals surface area contributed by atoms with Crippen molar-refractivity contribution in [1.29, 1.82) is 0 Å². The fourth-order valence-corrected chi connectivity index (χ4v) is 2.62. The first-order chi connectivity index (χ1) is 8.15. The Bertz CT molecular complexity index is 535. The zero-order valence-corrected chi connectivity index (χ0v) is 11.2. The molecule has 2 N–H and O–H groups in total. The van der Waals surface area contributed by atoms with E-state index in [2.05, 4.69) is 20.9 Å². The number of rotatable bonds is 2. The number of aliphatic imine (C=N–C) groups is 1. The van der Waals surface area contributed by atoms with Crippen molar-refractivity contribution in [3.8, 4) is 0 Å². The molecule has 1 aromatic rings. The van der Waals surface area contributed by atoms with Gasteiger partial charge in [0.1, 0.15) is 0 Å². The second-order valence-electron chi connectivity index (χ2n) is 3.31. The lowest BCUT2D eigenvalue weighted by Gasteiger charge is -1.95. The van der Waals surface area contributed by atoms with E-state index in [0.717, 1.165) is 10.0 Å². The summed E-state index contributed by atoms with van der Waals surface area (Å²) in [7, 11) is 0. The lowest BCUT2D eigenvalue weighted by molar-refractivity contribution is -0.113. The zero-order chi connectivity index (χ0) is 12.3. The third-order valence-corrected chi connectivity index (χ3v) is 3.28. The Morgan fingerprint density at radius 2 is 2.06 bits per heavy atom. The molecule has 0 spiro atoms. The number of allylic oxidation sites excluding steroid dienone is 2. The molecular formula is C12H9BrN2OS. The summed E-state index contributed by atoms with van der Waals surface area (Å²) in [5, 5.41) is 0.293. The van der Waals surface area contributed by atoms with E-state index < -0.39 is 0 Å². The molecule has 1 aliphatic rings. The molecule has 0 unspecified atom stereocenters. The number of nitrogens with two attached hydrogens (primary N) is 1. The first-order valence-electron chi connectivity index (χ1n) is 4.85. The number of amides is 1. The van der Waals surface area contributed by atoms with Crippen LogP contribution in [0.15, 0.2) is 50.8 Å². The summed E-state index contributed by atoms with van der Waals surface area (Å²) in [6.07, 6.45) is 3.65. The predicted octanol–water partition coefficient (Wildman–Crippen LogP) is 2.89. The van der Waals surface area contributed by atoms with Gasteiger partial charge in [-0.25, -0.2) is 0 Å². The van der Waals surface area contributed by atoms with Gasteiger partial charge in [-0.1, -0.05) is 46.3 Å². The van der Waals surface area contributed by atoms with Gasteiger partial charge in [0.15, 0.2) is 5.17 Å². The molecule has 0 saturated heterocycles. The lowest BCUT2D eigenvalue weighted by atomic mass is 10.2. The summed E-state index contributed by atoms with van der Waals surface area (Å²) in [6, 6.07) is 9.82. The van der Waals surface area contributed by atoms with Crippen molar-refractivity contribution in [3.63, 3.8) is 0 Å². The van der Waals surface area contributed by atoms with Crippen LogP contribution in [-0.2, 0) is 4.79 Å². The molecule has 2 rings (SSSR count). The van der Waals surface area contributed by atoms with Crippen molar-refractivity contribution in [1.82, 2.24) is 0 Å². The highest BCUT2D eigenvalue weighted by Gasteiger charge is 2.19. The van der Waals surface area contributed by atoms with Gasteiger partial charge in [-0.3, -0.25) is 4.79 Å². The van der Waals surface area contributed by atoms with Crippen LogP contribution in [0.25, 0.3) is 6.08 Å². The summed E-state index contributed by atoms with van der Waals surface area (Å²) in [4.78, 5) is 15.5. The molecule has 0 radical (unpaired) electrons. The predicted molar refractivity (Wildman–Crippen MR) is 75.6 cm³/mol. The first kappa shape index (κ1) is 12.1. The van der Waals surface area contributed by atoms with Gasteiger partial charge in [-0.15, -0.1) is 0 Å². The van der Waals surface area contributed by atoms with Gasteiger partial charge in [0.05, 0.1) is 4.91 Å². The van der Waals surface area contributed by atoms with E-state index in [4.69, 9.17) is 5.73 Å². The van der Waals surface area contributed by atoms with Crippen LogP contribution in [0.3, 0.4) is 0 Å². The SMILES string of the molecule is NC1=NC(=O)C(=CC(Br)=Cc2ccccc2)S1. The lowest BCUT2D eigenvalue weighted by Crippen LogP contribution is -2.01. The highest BCUT2D eigenvalue weighted by molar-refractivity contribution is 9.12. The minimum absolute atomic E-state index is 0.286. The summed E-state index contributed by atoms with van der Waals surface area (Å²) in [5.41, 5.74) is 6.52. The van der Waals surface area contributed by atoms with E-state index >= 15 is 0 Å². The van der Waals surface area contributed by atoms with Gasteiger partial charge < -0.3 is 5.73 Å². The molecule has 1 aliphatic heterocycles. The molecule has 5 heteroatoms. The molecular weight excluding hydrogens is 300 g/mol. The van der Waals surface area contributed by atoms with E-state index in [1.54, 1.807) is 6.08 Å². The molecule has 1 heterocycles. The largest absolute Gasteiger partial charge is 0.378 e. The highest BCUT2D eigenvalue weighted by Crippen LogP contribution is 2.27. The van der Waals surface area contributed by atoms with E-state index in [1.807, 2.05) is 36.4 Å². The second kappa shape index (κ2) is 5.33. The number of halogens is 1. The van der Waals surface area contributed by atoms with Crippen LogP contribution in [0.2, 0.25) is 0 Å². The molecule has 0 saturated carbocycles. The average molecular weight is 309 g/mol. The van der Waals surface area contributed by atoms with Crippen LogP contribution in [0.5, 0.6) is 0 Å². The smallest absolute Gasteiger partial charge is 0.286 e. The number of amidine groups is 1. The summed E-state index contributed by atoms with van der Waals surface area (Å²) >= 11 is 4.58. The number of hydrogen-bond donors (Lipinski definition) is 1. The first-order valence-corrected chi connectivity index (χ1v) is 6.46. The van der Waals surface area contributed by atoms with Crippen LogP contribution >= 0.6 is 27.7 Å². The maximum absolute atomic E-state index is 11.4. The Hall–Kier alpha value is -1.33. The van der Waals surface area contributed by atoms with Crippen LogP contribution in [0.4, 0.5) is 0 Å². The van der Waals surface area contributed by atoms with Crippen molar-refractivity contribution in [3.05, 3.63) is 51.4 Å². The number of carbonyl (C=O) groups excluding carboxylic acids is 1. The Morgan fingerprint density at radius 3 is 2.65 bits per heavy atom. The molecule has 0 bridgehead atoms. The quantitative estimate of drug-likeness (QED) is 0.855. The number of hydrogen-bond acceptors (Lipinski definition) is 3. The molecule has 0 fully saturated rings. The van der Waals surface area contributed by atoms with Gasteiger partial charge in [-0.05, 0) is 29.5 Å². The maximum Gasteiger partial charge on any atom is 0.286 e. The average Bonchev–Trinajstić information content (AvgIpc) is 2.58. The van der Waals surface area contributed by atoms with Crippen molar-refractivity contribution in [2.24, 2.45) is 10.7 Å². The Labute approximate surface area is 112 Å². The van der Waals surface area contributed by atoms with Crippen molar-refractivity contribution in [2.75, 3.05) is 0 Å². The third-order valence-electron chi connectivity index (χ3n) is 2.01. The fraction of sp³-hybridized carbons (Fsp3) is 0. The van der Waals surface area contributed by atoms with Crippen LogP contribution in [0.1, 0.15) is 5.56 Å². The molecule has 0 atom stereocenters. The van der Waals surface area contributed by atoms with Gasteiger partial charge in [0.2, 0.25) is 0 Å². The topological polar surface area (TPSA) is 55.4 Å². The van der Waals surface area contributed by atoms with Gasteiger partial charge in [0.25, 0.3) is 5.91 Å². The molecule has 1 aromatic carbocycles. The van der Waals surface area contributed by atoms with Crippen LogP contribution in [0, 0.1) is 0 Å². The number of benzene rings is 1. The van der Waals surface area contributed by atoms with Gasteiger partial charge in [-0.2, -0.15) is 4.99 Å². The third kappa shape index (κ3) is 3.31. The molecule has 1 amide bonds. The van der Waals surface area contributed by atoms with Crippen molar-refractivity contribution in [2.45, 2.75) is 0 Å². The van der Waals surface area contributed by atoms with E-state index in [0.29, 0.717) is 10.1 Å². The molecule has 17 heavy (non-hydrogen) atoms. The van der Waals surface area contributed by atoms with Crippen LogP contribution in [-0.4, -0.2) is 11.1 Å². The summed E-state index contributed by atoms with van der Waals surface area (Å²) in [6.45, 7) is 0. The Balaban J connectivity index is 2.18. The maximum atomic E-state index is 11.4. The highest BCUT2D eigenvalue weighted by atomic mass is 79.9. The normalized spacial score (nSPS) is 18.6. The second-order valence-corrected chi connectivity index (χ2v) is 5.28. The van der Waals surface area contributed by atoms with E-state index in [1.165, 1.54) is 11.8 Å². The minimum atomic E-state index is -0.286. The van der Waals surface area contributed by atoms with E-state index in [9.17, 15) is 4.79 Å². The molecule has 3 nitrogen and oxygen atoms in total. The summed E-state index contributed by atoms with van der Waals surface area (Å²) < 4.78 is 0.810. The molecule has 86 valence electrons. The van der Waals surface area contributed by atoms with Gasteiger partial charge in [0, 0.05) is 4.48 Å².